The number of tetrazole rings is 1. The Morgan fingerprint density at radius 3 is 2.93 bits per heavy atom. The zero-order valence-corrected chi connectivity index (χ0v) is 7.70. The number of aromatic nitrogens is 4. The van der Waals surface area contributed by atoms with Crippen LogP contribution in [0.2, 0.25) is 0 Å². The number of carboxylic acid groups (broad SMARTS) is 1. The predicted molar refractivity (Wildman–Crippen MR) is 47.2 cm³/mol. The molecule has 0 amide bonds. The monoisotopic (exact) mass is 199 g/mol. The smallest absolute Gasteiger partial charge is 0.303 e. The summed E-state index contributed by atoms with van der Waals surface area (Å²) in [6.45, 7) is 0.969. The first kappa shape index (κ1) is 10.6. The van der Waals surface area contributed by atoms with Gasteiger partial charge in [0.1, 0.15) is 6.33 Å². The van der Waals surface area contributed by atoms with Gasteiger partial charge in [0.2, 0.25) is 0 Å². The van der Waals surface area contributed by atoms with Crippen molar-refractivity contribution in [3.05, 3.63) is 6.33 Å². The van der Waals surface area contributed by atoms with E-state index in [-0.39, 0.29) is 12.3 Å². The van der Waals surface area contributed by atoms with Crippen LogP contribution in [0.3, 0.4) is 0 Å². The normalized spacial score (nSPS) is 12.6. The summed E-state index contributed by atoms with van der Waals surface area (Å²) in [6, 6.07) is 0. The number of rotatable bonds is 6. The van der Waals surface area contributed by atoms with Crippen molar-refractivity contribution in [2.45, 2.75) is 19.4 Å². The number of hydrogen-bond donors (Lipinski definition) is 2. The highest BCUT2D eigenvalue weighted by Crippen LogP contribution is 2.07. The van der Waals surface area contributed by atoms with Crippen molar-refractivity contribution in [1.82, 2.24) is 20.2 Å². The third-order valence-corrected chi connectivity index (χ3v) is 1.95. The fourth-order valence-electron chi connectivity index (χ4n) is 1.15. The van der Waals surface area contributed by atoms with Crippen LogP contribution in [0.15, 0.2) is 6.33 Å². The van der Waals surface area contributed by atoms with Crippen molar-refractivity contribution in [2.75, 3.05) is 6.54 Å². The highest BCUT2D eigenvalue weighted by atomic mass is 16.4. The number of aliphatic carboxylic acids is 1. The van der Waals surface area contributed by atoms with E-state index in [1.54, 1.807) is 4.68 Å². The lowest BCUT2D eigenvalue weighted by atomic mass is 10.0. The molecule has 1 aromatic heterocycles. The largest absolute Gasteiger partial charge is 0.481 e. The van der Waals surface area contributed by atoms with E-state index >= 15 is 0 Å². The highest BCUT2D eigenvalue weighted by Gasteiger charge is 2.11. The Morgan fingerprint density at radius 2 is 2.43 bits per heavy atom. The fraction of sp³-hybridized carbons (Fsp3) is 0.714. The molecule has 0 aromatic carbocycles. The Hall–Kier alpha value is -1.50. The lowest BCUT2D eigenvalue weighted by Crippen LogP contribution is -2.20. The molecule has 0 fully saturated rings. The molecule has 0 radical (unpaired) electrons. The molecule has 1 aromatic rings. The van der Waals surface area contributed by atoms with Crippen molar-refractivity contribution < 1.29 is 9.90 Å². The third kappa shape index (κ3) is 3.48. The Balaban J connectivity index is 2.30. The van der Waals surface area contributed by atoms with Gasteiger partial charge >= 0.3 is 5.97 Å². The minimum atomic E-state index is -0.822. The van der Waals surface area contributed by atoms with Crippen LogP contribution in [0.25, 0.3) is 0 Å². The van der Waals surface area contributed by atoms with Crippen LogP contribution in [0.5, 0.6) is 0 Å². The van der Waals surface area contributed by atoms with E-state index < -0.39 is 5.97 Å². The van der Waals surface area contributed by atoms with Gasteiger partial charge in [-0.3, -0.25) is 4.79 Å². The summed E-state index contributed by atoms with van der Waals surface area (Å²) >= 11 is 0. The van der Waals surface area contributed by atoms with Gasteiger partial charge in [0.25, 0.3) is 0 Å². The first-order valence-electron chi connectivity index (χ1n) is 4.35. The number of hydrogen-bond acceptors (Lipinski definition) is 5. The molecule has 78 valence electrons. The van der Waals surface area contributed by atoms with Gasteiger partial charge in [0, 0.05) is 13.0 Å². The summed E-state index contributed by atoms with van der Waals surface area (Å²) in [5, 5.41) is 19.2. The number of aryl methyl sites for hydroxylation is 1. The van der Waals surface area contributed by atoms with Crippen LogP contribution in [0, 0.1) is 5.92 Å². The molecule has 0 bridgehead atoms. The van der Waals surface area contributed by atoms with Crippen molar-refractivity contribution in [3.8, 4) is 0 Å². The van der Waals surface area contributed by atoms with E-state index in [0.29, 0.717) is 19.5 Å². The van der Waals surface area contributed by atoms with Crippen LogP contribution in [-0.2, 0) is 11.3 Å². The maximum Gasteiger partial charge on any atom is 0.303 e. The molecule has 3 N–H and O–H groups in total. The van der Waals surface area contributed by atoms with E-state index in [1.165, 1.54) is 6.33 Å². The Morgan fingerprint density at radius 1 is 1.64 bits per heavy atom. The van der Waals surface area contributed by atoms with Gasteiger partial charge in [-0.15, -0.1) is 5.10 Å². The van der Waals surface area contributed by atoms with E-state index in [9.17, 15) is 4.79 Å². The second kappa shape index (κ2) is 5.28. The number of nitrogens with two attached hydrogens (primary N) is 1. The van der Waals surface area contributed by atoms with Gasteiger partial charge in [-0.25, -0.2) is 4.68 Å². The standard InChI is InChI=1S/C7H13N5O2/c8-4-6(3-7(13)14)1-2-12-5-9-10-11-12/h5-6H,1-4,8H2,(H,13,14). The Kier molecular flexibility index (Phi) is 3.99. The zero-order chi connectivity index (χ0) is 10.4. The molecule has 0 aliphatic rings. The maximum absolute atomic E-state index is 10.4. The van der Waals surface area contributed by atoms with Crippen molar-refractivity contribution >= 4 is 5.97 Å². The van der Waals surface area contributed by atoms with Crippen molar-refractivity contribution in [2.24, 2.45) is 11.7 Å². The molecular formula is C7H13N5O2. The molecule has 7 nitrogen and oxygen atoms in total. The summed E-state index contributed by atoms with van der Waals surface area (Å²) in [7, 11) is 0. The van der Waals surface area contributed by atoms with Gasteiger partial charge in [0.15, 0.2) is 0 Å². The molecule has 1 heterocycles. The molecule has 7 heteroatoms. The second-order valence-corrected chi connectivity index (χ2v) is 3.06. The van der Waals surface area contributed by atoms with Gasteiger partial charge in [-0.1, -0.05) is 0 Å². The van der Waals surface area contributed by atoms with Gasteiger partial charge in [-0.2, -0.15) is 0 Å². The second-order valence-electron chi connectivity index (χ2n) is 3.06. The van der Waals surface area contributed by atoms with Crippen LogP contribution >= 0.6 is 0 Å². The SMILES string of the molecule is NCC(CCn1cnnn1)CC(=O)O. The summed E-state index contributed by atoms with van der Waals surface area (Å²) in [4.78, 5) is 10.4. The van der Waals surface area contributed by atoms with Gasteiger partial charge < -0.3 is 10.8 Å². The zero-order valence-electron chi connectivity index (χ0n) is 7.70. The maximum atomic E-state index is 10.4. The predicted octanol–water partition coefficient (Wildman–Crippen LogP) is -0.887. The van der Waals surface area contributed by atoms with Crippen LogP contribution in [0.1, 0.15) is 12.8 Å². The highest BCUT2D eigenvalue weighted by molar-refractivity contribution is 5.67. The average molecular weight is 199 g/mol. The third-order valence-electron chi connectivity index (χ3n) is 1.95. The summed E-state index contributed by atoms with van der Waals surface area (Å²) in [5.41, 5.74) is 5.44. The molecule has 14 heavy (non-hydrogen) atoms. The molecule has 0 spiro atoms. The Bertz CT molecular complexity index is 274. The van der Waals surface area contributed by atoms with Crippen LogP contribution in [0.4, 0.5) is 0 Å². The Labute approximate surface area is 80.9 Å². The lowest BCUT2D eigenvalue weighted by molar-refractivity contribution is -0.138. The van der Waals surface area contributed by atoms with Crippen molar-refractivity contribution in [3.63, 3.8) is 0 Å². The molecule has 0 aliphatic heterocycles. The van der Waals surface area contributed by atoms with Gasteiger partial charge in [-0.05, 0) is 29.3 Å². The lowest BCUT2D eigenvalue weighted by Gasteiger charge is -2.10. The number of carbonyl (C=O) groups is 1. The molecule has 0 saturated carbocycles. The van der Waals surface area contributed by atoms with E-state index in [1.807, 2.05) is 0 Å². The van der Waals surface area contributed by atoms with E-state index in [0.717, 1.165) is 0 Å². The van der Waals surface area contributed by atoms with E-state index in [4.69, 9.17) is 10.8 Å². The molecule has 0 aliphatic carbocycles. The molecule has 0 saturated heterocycles. The minimum absolute atomic E-state index is 0.0169. The number of carboxylic acids is 1. The summed E-state index contributed by atoms with van der Waals surface area (Å²) in [5.74, 6) is -0.839. The van der Waals surface area contributed by atoms with Crippen molar-refractivity contribution in [1.29, 1.82) is 0 Å². The van der Waals surface area contributed by atoms with Crippen LogP contribution in [-0.4, -0.2) is 37.8 Å². The minimum Gasteiger partial charge on any atom is -0.481 e. The summed E-state index contributed by atoms with van der Waals surface area (Å²) < 4.78 is 1.56. The average Bonchev–Trinajstić information content (AvgIpc) is 2.64. The molecule has 1 rings (SSSR count). The van der Waals surface area contributed by atoms with E-state index in [2.05, 4.69) is 15.5 Å². The quantitative estimate of drug-likeness (QED) is 0.615. The van der Waals surface area contributed by atoms with Crippen LogP contribution < -0.4 is 5.73 Å². The molecule has 1 unspecified atom stereocenters. The summed E-state index contributed by atoms with van der Waals surface area (Å²) in [6.07, 6.45) is 2.26. The van der Waals surface area contributed by atoms with Gasteiger partial charge in [0.05, 0.1) is 0 Å². The number of nitrogens with zero attached hydrogens (tertiary/aromatic N) is 4. The first-order chi connectivity index (χ1) is 6.72. The first-order valence-corrected chi connectivity index (χ1v) is 4.35. The fourth-order valence-corrected chi connectivity index (χ4v) is 1.15. The molecule has 1 atom stereocenters. The topological polar surface area (TPSA) is 107 Å². The molecular weight excluding hydrogens is 186 g/mol.